The summed E-state index contributed by atoms with van der Waals surface area (Å²) in [5, 5.41) is 9.91. The molecule has 1 aromatic carbocycles. The van der Waals surface area contributed by atoms with Crippen molar-refractivity contribution in [2.75, 3.05) is 0 Å². The minimum Gasteiger partial charge on any atom is -0.508 e. The standard InChI is InChI=1S/C14H20O2/c1-9(2)11-8-13-10(7-12(11)15)5-6-14(3,4)16-13/h7-9,15H,5-6H2,1-4H3. The molecular weight excluding hydrogens is 200 g/mol. The predicted molar refractivity (Wildman–Crippen MR) is 65.2 cm³/mol. The molecule has 0 saturated heterocycles. The number of aryl methyl sites for hydroxylation is 1. The van der Waals surface area contributed by atoms with Gasteiger partial charge in [0.2, 0.25) is 0 Å². The van der Waals surface area contributed by atoms with E-state index in [2.05, 4.69) is 27.7 Å². The van der Waals surface area contributed by atoms with Crippen LogP contribution in [-0.2, 0) is 6.42 Å². The molecule has 1 aliphatic rings. The number of aromatic hydroxyl groups is 1. The van der Waals surface area contributed by atoms with Gasteiger partial charge in [-0.2, -0.15) is 0 Å². The van der Waals surface area contributed by atoms with Gasteiger partial charge in [-0.05, 0) is 50.3 Å². The van der Waals surface area contributed by atoms with Crippen LogP contribution in [0.25, 0.3) is 0 Å². The summed E-state index contributed by atoms with van der Waals surface area (Å²) in [4.78, 5) is 0. The summed E-state index contributed by atoms with van der Waals surface area (Å²) in [5.74, 6) is 1.66. The third kappa shape index (κ3) is 2.01. The first-order valence-corrected chi connectivity index (χ1v) is 5.94. The third-order valence-corrected chi connectivity index (χ3v) is 3.21. The highest BCUT2D eigenvalue weighted by molar-refractivity contribution is 5.48. The van der Waals surface area contributed by atoms with Gasteiger partial charge < -0.3 is 9.84 Å². The summed E-state index contributed by atoms with van der Waals surface area (Å²) in [6.45, 7) is 8.38. The second kappa shape index (κ2) is 3.69. The van der Waals surface area contributed by atoms with Crippen molar-refractivity contribution in [2.45, 2.75) is 52.1 Å². The van der Waals surface area contributed by atoms with Crippen molar-refractivity contribution in [3.8, 4) is 11.5 Å². The number of benzene rings is 1. The number of phenolic OH excluding ortho intramolecular Hbond substituents is 1. The van der Waals surface area contributed by atoms with Crippen molar-refractivity contribution in [3.05, 3.63) is 23.3 Å². The van der Waals surface area contributed by atoms with Gasteiger partial charge in [-0.15, -0.1) is 0 Å². The second-order valence-electron chi connectivity index (χ2n) is 5.54. The molecule has 2 rings (SSSR count). The first-order valence-electron chi connectivity index (χ1n) is 5.94. The van der Waals surface area contributed by atoms with Crippen LogP contribution in [0.2, 0.25) is 0 Å². The lowest BCUT2D eigenvalue weighted by atomic mass is 9.91. The minimum atomic E-state index is -0.0851. The lowest BCUT2D eigenvalue weighted by molar-refractivity contribution is 0.0843. The molecule has 1 N–H and O–H groups in total. The van der Waals surface area contributed by atoms with Gasteiger partial charge in [0, 0.05) is 5.56 Å². The van der Waals surface area contributed by atoms with Crippen LogP contribution in [0.4, 0.5) is 0 Å². The SMILES string of the molecule is CC(C)c1cc2c(cc1O)CCC(C)(C)O2. The van der Waals surface area contributed by atoms with Gasteiger partial charge in [0.1, 0.15) is 17.1 Å². The number of phenols is 1. The molecule has 0 amide bonds. The molecule has 0 atom stereocenters. The Labute approximate surface area is 97.3 Å². The number of fused-ring (bicyclic) bond motifs is 1. The van der Waals surface area contributed by atoms with Crippen molar-refractivity contribution in [1.82, 2.24) is 0 Å². The highest BCUT2D eigenvalue weighted by atomic mass is 16.5. The molecule has 0 saturated carbocycles. The largest absolute Gasteiger partial charge is 0.508 e. The Balaban J connectivity index is 2.44. The maximum atomic E-state index is 9.91. The molecule has 0 aliphatic carbocycles. The van der Waals surface area contributed by atoms with Crippen molar-refractivity contribution >= 4 is 0 Å². The van der Waals surface area contributed by atoms with Gasteiger partial charge >= 0.3 is 0 Å². The summed E-state index contributed by atoms with van der Waals surface area (Å²) in [5.41, 5.74) is 2.01. The molecule has 0 fully saturated rings. The van der Waals surface area contributed by atoms with Gasteiger partial charge in [-0.25, -0.2) is 0 Å². The highest BCUT2D eigenvalue weighted by Gasteiger charge is 2.27. The van der Waals surface area contributed by atoms with Crippen LogP contribution in [0.5, 0.6) is 11.5 Å². The zero-order valence-electron chi connectivity index (χ0n) is 10.5. The molecule has 1 heterocycles. The van der Waals surface area contributed by atoms with Crippen molar-refractivity contribution in [1.29, 1.82) is 0 Å². The molecule has 0 radical (unpaired) electrons. The zero-order chi connectivity index (χ0) is 11.9. The van der Waals surface area contributed by atoms with Crippen LogP contribution in [0.15, 0.2) is 12.1 Å². The quantitative estimate of drug-likeness (QED) is 0.783. The van der Waals surface area contributed by atoms with Gasteiger partial charge in [0.25, 0.3) is 0 Å². The number of hydrogen-bond acceptors (Lipinski definition) is 2. The van der Waals surface area contributed by atoms with E-state index in [-0.39, 0.29) is 5.60 Å². The molecule has 16 heavy (non-hydrogen) atoms. The summed E-state index contributed by atoms with van der Waals surface area (Å²) in [6, 6.07) is 3.86. The fourth-order valence-corrected chi connectivity index (χ4v) is 2.16. The molecular formula is C14H20O2. The van der Waals surface area contributed by atoms with Gasteiger partial charge in [-0.1, -0.05) is 13.8 Å². The first kappa shape index (κ1) is 11.3. The smallest absolute Gasteiger partial charge is 0.123 e. The Kier molecular flexibility index (Phi) is 2.61. The maximum Gasteiger partial charge on any atom is 0.123 e. The molecule has 0 bridgehead atoms. The van der Waals surface area contributed by atoms with Crippen molar-refractivity contribution in [3.63, 3.8) is 0 Å². The van der Waals surface area contributed by atoms with E-state index in [1.165, 1.54) is 0 Å². The highest BCUT2D eigenvalue weighted by Crippen LogP contribution is 2.39. The molecule has 88 valence electrons. The van der Waals surface area contributed by atoms with Crippen LogP contribution >= 0.6 is 0 Å². The summed E-state index contributed by atoms with van der Waals surface area (Å²) >= 11 is 0. The summed E-state index contributed by atoms with van der Waals surface area (Å²) < 4.78 is 5.95. The van der Waals surface area contributed by atoms with Gasteiger partial charge in [0.05, 0.1) is 0 Å². The Hall–Kier alpha value is -1.18. The van der Waals surface area contributed by atoms with Crippen molar-refractivity contribution in [2.24, 2.45) is 0 Å². The summed E-state index contributed by atoms with van der Waals surface area (Å²) in [7, 11) is 0. The van der Waals surface area contributed by atoms with Gasteiger partial charge in [0.15, 0.2) is 0 Å². The molecule has 2 nitrogen and oxygen atoms in total. The van der Waals surface area contributed by atoms with Crippen LogP contribution in [0.3, 0.4) is 0 Å². The normalized spacial score (nSPS) is 18.1. The predicted octanol–water partition coefficient (Wildman–Crippen LogP) is 3.62. The number of ether oxygens (including phenoxy) is 1. The Morgan fingerprint density at radius 1 is 1.31 bits per heavy atom. The second-order valence-corrected chi connectivity index (χ2v) is 5.54. The van der Waals surface area contributed by atoms with E-state index < -0.39 is 0 Å². The molecule has 1 aliphatic heterocycles. The van der Waals surface area contributed by atoms with Crippen LogP contribution in [0, 0.1) is 0 Å². The van der Waals surface area contributed by atoms with E-state index in [9.17, 15) is 5.11 Å². The monoisotopic (exact) mass is 220 g/mol. The van der Waals surface area contributed by atoms with E-state index in [0.717, 1.165) is 29.7 Å². The number of hydrogen-bond donors (Lipinski definition) is 1. The van der Waals surface area contributed by atoms with Crippen molar-refractivity contribution < 1.29 is 9.84 Å². The minimum absolute atomic E-state index is 0.0851. The Bertz CT molecular complexity index is 405. The molecule has 0 unspecified atom stereocenters. The van der Waals surface area contributed by atoms with E-state index in [4.69, 9.17) is 4.74 Å². The zero-order valence-corrected chi connectivity index (χ0v) is 10.5. The molecule has 2 heteroatoms. The van der Waals surface area contributed by atoms with Gasteiger partial charge in [-0.3, -0.25) is 0 Å². The van der Waals surface area contributed by atoms with E-state index >= 15 is 0 Å². The average molecular weight is 220 g/mol. The lowest BCUT2D eigenvalue weighted by Crippen LogP contribution is -2.32. The fourth-order valence-electron chi connectivity index (χ4n) is 2.16. The molecule has 0 aromatic heterocycles. The van der Waals surface area contributed by atoms with Crippen LogP contribution < -0.4 is 4.74 Å². The van der Waals surface area contributed by atoms with Crippen LogP contribution in [0.1, 0.15) is 51.2 Å². The lowest BCUT2D eigenvalue weighted by Gasteiger charge is -2.33. The Morgan fingerprint density at radius 3 is 2.62 bits per heavy atom. The first-order chi connectivity index (χ1) is 7.39. The van der Waals surface area contributed by atoms with Crippen LogP contribution in [-0.4, -0.2) is 10.7 Å². The summed E-state index contributed by atoms with van der Waals surface area (Å²) in [6.07, 6.45) is 1.98. The molecule has 0 spiro atoms. The van der Waals surface area contributed by atoms with E-state index in [0.29, 0.717) is 11.7 Å². The Morgan fingerprint density at radius 2 is 2.00 bits per heavy atom. The topological polar surface area (TPSA) is 29.5 Å². The fraction of sp³-hybridized carbons (Fsp3) is 0.571. The molecule has 1 aromatic rings. The van der Waals surface area contributed by atoms with E-state index in [1.54, 1.807) is 0 Å². The number of rotatable bonds is 1. The van der Waals surface area contributed by atoms with E-state index in [1.807, 2.05) is 12.1 Å². The average Bonchev–Trinajstić information content (AvgIpc) is 2.16. The maximum absolute atomic E-state index is 9.91. The third-order valence-electron chi connectivity index (χ3n) is 3.21.